The van der Waals surface area contributed by atoms with Gasteiger partial charge in [-0.3, -0.25) is 0 Å². The summed E-state index contributed by atoms with van der Waals surface area (Å²) in [6.45, 7) is 4.94. The third-order valence-corrected chi connectivity index (χ3v) is 2.58. The molecule has 0 heterocycles. The molecular formula is C13H20F2N2O. The molecule has 0 saturated carbocycles. The van der Waals surface area contributed by atoms with Crippen LogP contribution in [0.3, 0.4) is 0 Å². The highest BCUT2D eigenvalue weighted by Crippen LogP contribution is 2.30. The molecule has 0 atom stereocenters. The number of nitrogens with zero attached hydrogens (tertiary/aromatic N) is 1. The van der Waals surface area contributed by atoms with E-state index in [-0.39, 0.29) is 11.7 Å². The lowest BCUT2D eigenvalue weighted by atomic mass is 10.1. The van der Waals surface area contributed by atoms with Crippen LogP contribution in [-0.4, -0.2) is 26.3 Å². The van der Waals surface area contributed by atoms with Gasteiger partial charge in [0.15, 0.2) is 0 Å². The van der Waals surface area contributed by atoms with E-state index in [2.05, 4.69) is 0 Å². The van der Waals surface area contributed by atoms with Gasteiger partial charge in [-0.1, -0.05) is 0 Å². The number of alkyl halides is 2. The Morgan fingerprint density at radius 1 is 1.33 bits per heavy atom. The maximum atomic E-state index is 12.9. The minimum Gasteiger partial charge on any atom is -0.399 e. The summed E-state index contributed by atoms with van der Waals surface area (Å²) < 4.78 is 31.2. The number of rotatable bonds is 6. The molecule has 0 unspecified atom stereocenters. The first kappa shape index (κ1) is 14.7. The van der Waals surface area contributed by atoms with E-state index in [1.807, 2.05) is 13.8 Å². The molecule has 0 fully saturated rings. The fourth-order valence-corrected chi connectivity index (χ4v) is 1.64. The van der Waals surface area contributed by atoms with Crippen molar-refractivity contribution < 1.29 is 13.5 Å². The summed E-state index contributed by atoms with van der Waals surface area (Å²) in [6, 6.07) is 4.56. The van der Waals surface area contributed by atoms with Crippen molar-refractivity contribution in [1.29, 1.82) is 0 Å². The summed E-state index contributed by atoms with van der Waals surface area (Å²) in [5, 5.41) is 0. The van der Waals surface area contributed by atoms with Gasteiger partial charge < -0.3 is 15.4 Å². The number of nitrogens with two attached hydrogens (primary N) is 1. The molecule has 5 heteroatoms. The largest absolute Gasteiger partial charge is 0.399 e. The van der Waals surface area contributed by atoms with E-state index in [4.69, 9.17) is 10.5 Å². The third-order valence-electron chi connectivity index (χ3n) is 2.58. The first-order valence-corrected chi connectivity index (χ1v) is 5.92. The molecule has 0 aliphatic heterocycles. The summed E-state index contributed by atoms with van der Waals surface area (Å²) >= 11 is 0. The van der Waals surface area contributed by atoms with Crippen molar-refractivity contribution >= 4 is 11.4 Å². The normalized spacial score (nSPS) is 11.3. The number of hydrogen-bond donors (Lipinski definition) is 1. The molecular weight excluding hydrogens is 238 g/mol. The average Bonchev–Trinajstić information content (AvgIpc) is 2.28. The van der Waals surface area contributed by atoms with Crippen LogP contribution in [0.1, 0.15) is 25.8 Å². The Bertz CT molecular complexity index is 383. The van der Waals surface area contributed by atoms with E-state index < -0.39 is 6.43 Å². The number of nitrogen functional groups attached to an aromatic ring is 1. The van der Waals surface area contributed by atoms with Crippen LogP contribution in [0.5, 0.6) is 0 Å². The van der Waals surface area contributed by atoms with Crippen LogP contribution >= 0.6 is 0 Å². The second-order valence-electron chi connectivity index (χ2n) is 4.46. The third kappa shape index (κ3) is 4.14. The predicted molar refractivity (Wildman–Crippen MR) is 70.2 cm³/mol. The Balaban J connectivity index is 2.75. The molecule has 18 heavy (non-hydrogen) atoms. The van der Waals surface area contributed by atoms with Crippen LogP contribution < -0.4 is 10.6 Å². The summed E-state index contributed by atoms with van der Waals surface area (Å²) in [5.41, 5.74) is 6.33. The zero-order valence-corrected chi connectivity index (χ0v) is 11.0. The molecule has 2 N–H and O–H groups in total. The first-order chi connectivity index (χ1) is 8.41. The molecule has 1 aromatic carbocycles. The quantitative estimate of drug-likeness (QED) is 0.797. The molecule has 0 aromatic heterocycles. The number of halogens is 2. The Morgan fingerprint density at radius 2 is 2.00 bits per heavy atom. The van der Waals surface area contributed by atoms with Crippen LogP contribution in [0, 0.1) is 0 Å². The van der Waals surface area contributed by atoms with Gasteiger partial charge in [-0.25, -0.2) is 8.78 Å². The SMILES string of the molecule is CC(C)OCCN(C)c1ccc(N)cc1C(F)F. The zero-order valence-electron chi connectivity index (χ0n) is 11.0. The highest BCUT2D eigenvalue weighted by Gasteiger charge is 2.16. The van der Waals surface area contributed by atoms with Crippen molar-refractivity contribution in [2.24, 2.45) is 0 Å². The minimum atomic E-state index is -2.53. The zero-order chi connectivity index (χ0) is 13.7. The summed E-state index contributed by atoms with van der Waals surface area (Å²) in [7, 11) is 1.76. The molecule has 0 spiro atoms. The second-order valence-corrected chi connectivity index (χ2v) is 4.46. The highest BCUT2D eigenvalue weighted by molar-refractivity contribution is 5.59. The van der Waals surface area contributed by atoms with Crippen LogP contribution in [0.25, 0.3) is 0 Å². The van der Waals surface area contributed by atoms with Crippen molar-refractivity contribution in [2.45, 2.75) is 26.4 Å². The van der Waals surface area contributed by atoms with Gasteiger partial charge in [-0.15, -0.1) is 0 Å². The van der Waals surface area contributed by atoms with Crippen molar-refractivity contribution in [3.8, 4) is 0 Å². The molecule has 0 aliphatic rings. The lowest BCUT2D eigenvalue weighted by Crippen LogP contribution is -2.25. The lowest BCUT2D eigenvalue weighted by molar-refractivity contribution is 0.0844. The van der Waals surface area contributed by atoms with Crippen LogP contribution in [0.2, 0.25) is 0 Å². The fraction of sp³-hybridized carbons (Fsp3) is 0.538. The monoisotopic (exact) mass is 258 g/mol. The molecule has 0 bridgehead atoms. The van der Waals surface area contributed by atoms with Crippen molar-refractivity contribution in [3.63, 3.8) is 0 Å². The van der Waals surface area contributed by atoms with E-state index in [1.165, 1.54) is 6.07 Å². The number of hydrogen-bond acceptors (Lipinski definition) is 3. The number of benzene rings is 1. The van der Waals surface area contributed by atoms with Crippen LogP contribution in [0.15, 0.2) is 18.2 Å². The Hall–Kier alpha value is -1.36. The van der Waals surface area contributed by atoms with E-state index in [1.54, 1.807) is 24.1 Å². The first-order valence-electron chi connectivity index (χ1n) is 5.92. The molecule has 0 saturated heterocycles. The van der Waals surface area contributed by atoms with Gasteiger partial charge in [0, 0.05) is 30.5 Å². The lowest BCUT2D eigenvalue weighted by Gasteiger charge is -2.23. The van der Waals surface area contributed by atoms with Gasteiger partial charge in [0.2, 0.25) is 0 Å². The molecule has 0 amide bonds. The number of anilines is 2. The summed E-state index contributed by atoms with van der Waals surface area (Å²) in [5.74, 6) is 0. The summed E-state index contributed by atoms with van der Waals surface area (Å²) in [4.78, 5) is 1.75. The van der Waals surface area contributed by atoms with E-state index in [0.717, 1.165) is 0 Å². The van der Waals surface area contributed by atoms with Gasteiger partial charge >= 0.3 is 0 Å². The van der Waals surface area contributed by atoms with E-state index in [0.29, 0.717) is 24.5 Å². The molecule has 3 nitrogen and oxygen atoms in total. The molecule has 1 aromatic rings. The Kier molecular flexibility index (Phi) is 5.34. The van der Waals surface area contributed by atoms with E-state index in [9.17, 15) is 8.78 Å². The topological polar surface area (TPSA) is 38.5 Å². The van der Waals surface area contributed by atoms with E-state index >= 15 is 0 Å². The highest BCUT2D eigenvalue weighted by atomic mass is 19.3. The maximum absolute atomic E-state index is 12.9. The second kappa shape index (κ2) is 6.54. The molecule has 0 radical (unpaired) electrons. The van der Waals surface area contributed by atoms with Gasteiger partial charge in [0.05, 0.1) is 12.7 Å². The number of likely N-dealkylation sites (N-methyl/N-ethyl adjacent to an activating group) is 1. The van der Waals surface area contributed by atoms with Gasteiger partial charge in [-0.2, -0.15) is 0 Å². The Morgan fingerprint density at radius 3 is 2.56 bits per heavy atom. The summed E-state index contributed by atoms with van der Waals surface area (Å²) in [6.07, 6.45) is -2.39. The predicted octanol–water partition coefficient (Wildman–Crippen LogP) is 3.07. The van der Waals surface area contributed by atoms with Gasteiger partial charge in [0.1, 0.15) is 0 Å². The molecule has 102 valence electrons. The van der Waals surface area contributed by atoms with Crippen LogP contribution in [-0.2, 0) is 4.74 Å². The van der Waals surface area contributed by atoms with Crippen LogP contribution in [0.4, 0.5) is 20.2 Å². The van der Waals surface area contributed by atoms with Gasteiger partial charge in [0.25, 0.3) is 6.43 Å². The molecule has 0 aliphatic carbocycles. The van der Waals surface area contributed by atoms with Crippen molar-refractivity contribution in [1.82, 2.24) is 0 Å². The van der Waals surface area contributed by atoms with Gasteiger partial charge in [-0.05, 0) is 32.0 Å². The number of ether oxygens (including phenoxy) is 1. The fourth-order valence-electron chi connectivity index (χ4n) is 1.64. The molecule has 1 rings (SSSR count). The standard InChI is InChI=1S/C13H20F2N2O/c1-9(2)18-7-6-17(3)12-5-4-10(16)8-11(12)13(14)15/h4-5,8-9,13H,6-7,16H2,1-3H3. The van der Waals surface area contributed by atoms with Crippen molar-refractivity contribution in [2.75, 3.05) is 30.8 Å². The minimum absolute atomic E-state index is 0.0398. The van der Waals surface area contributed by atoms with Crippen molar-refractivity contribution in [3.05, 3.63) is 23.8 Å². The average molecular weight is 258 g/mol. The smallest absolute Gasteiger partial charge is 0.265 e. The maximum Gasteiger partial charge on any atom is 0.265 e. The Labute approximate surface area is 107 Å².